The molecule has 0 aliphatic rings. The first-order valence-corrected chi connectivity index (χ1v) is 3.79. The Labute approximate surface area is 76.3 Å². The van der Waals surface area contributed by atoms with Crippen LogP contribution in [0, 0.1) is 0 Å². The zero-order chi connectivity index (χ0) is 9.68. The van der Waals surface area contributed by atoms with Crippen molar-refractivity contribution in [2.24, 2.45) is 5.73 Å². The third-order valence-electron chi connectivity index (χ3n) is 1.44. The van der Waals surface area contributed by atoms with Crippen LogP contribution in [0.2, 0.25) is 0 Å². The Morgan fingerprint density at radius 1 is 1.38 bits per heavy atom. The van der Waals surface area contributed by atoms with Crippen LogP contribution in [-0.2, 0) is 9.53 Å². The molecule has 0 saturated heterocycles. The van der Waals surface area contributed by atoms with E-state index >= 15 is 0 Å². The van der Waals surface area contributed by atoms with Gasteiger partial charge in [-0.25, -0.2) is 4.79 Å². The molecule has 4 heteroatoms. The summed E-state index contributed by atoms with van der Waals surface area (Å²) in [5.74, 6) is -0.0516. The third kappa shape index (κ3) is 2.76. The van der Waals surface area contributed by atoms with E-state index in [0.29, 0.717) is 5.75 Å². The molecule has 0 bridgehead atoms. The van der Waals surface area contributed by atoms with Gasteiger partial charge in [-0.3, -0.25) is 5.73 Å². The maximum atomic E-state index is 10.8. The lowest BCUT2D eigenvalue weighted by atomic mass is 10.3. The number of methoxy groups -OCH3 is 1. The molecule has 13 heavy (non-hydrogen) atoms. The molecule has 0 radical (unpaired) electrons. The smallest absolute Gasteiger partial charge is 0.362 e. The zero-order valence-electron chi connectivity index (χ0n) is 7.27. The summed E-state index contributed by atoms with van der Waals surface area (Å²) in [6.45, 7) is 0. The molecule has 0 unspecified atom stereocenters. The largest absolute Gasteiger partial charge is 0.465 e. The zero-order valence-corrected chi connectivity index (χ0v) is 7.27. The van der Waals surface area contributed by atoms with Crippen molar-refractivity contribution in [1.82, 2.24) is 0 Å². The van der Waals surface area contributed by atoms with Crippen molar-refractivity contribution in [2.45, 2.75) is 6.23 Å². The van der Waals surface area contributed by atoms with Gasteiger partial charge in [0.05, 0.1) is 7.11 Å². The first kappa shape index (κ1) is 9.54. The second kappa shape index (κ2) is 4.47. The van der Waals surface area contributed by atoms with Crippen molar-refractivity contribution in [3.63, 3.8) is 0 Å². The molecule has 1 aromatic carbocycles. The normalized spacial score (nSPS) is 11.8. The number of esters is 1. The van der Waals surface area contributed by atoms with Gasteiger partial charge in [0.2, 0.25) is 6.23 Å². The number of benzene rings is 1. The van der Waals surface area contributed by atoms with Crippen molar-refractivity contribution < 1.29 is 14.3 Å². The van der Waals surface area contributed by atoms with E-state index in [4.69, 9.17) is 10.5 Å². The summed E-state index contributed by atoms with van der Waals surface area (Å²) in [5, 5.41) is 0. The van der Waals surface area contributed by atoms with Crippen LogP contribution in [0.1, 0.15) is 0 Å². The second-order valence-corrected chi connectivity index (χ2v) is 2.37. The van der Waals surface area contributed by atoms with Crippen molar-refractivity contribution in [3.05, 3.63) is 30.3 Å². The molecule has 2 N–H and O–H groups in total. The van der Waals surface area contributed by atoms with Gasteiger partial charge in [0, 0.05) is 0 Å². The minimum Gasteiger partial charge on any atom is -0.465 e. The lowest BCUT2D eigenvalue weighted by molar-refractivity contribution is -0.148. The number of ether oxygens (including phenoxy) is 2. The molecule has 0 heterocycles. The Kier molecular flexibility index (Phi) is 3.28. The molecule has 1 atom stereocenters. The van der Waals surface area contributed by atoms with Gasteiger partial charge >= 0.3 is 5.97 Å². The van der Waals surface area contributed by atoms with Crippen LogP contribution in [0.5, 0.6) is 5.75 Å². The first-order valence-electron chi connectivity index (χ1n) is 3.79. The number of hydrogen-bond donors (Lipinski definition) is 1. The number of carbonyl (C=O) groups is 1. The topological polar surface area (TPSA) is 61.5 Å². The van der Waals surface area contributed by atoms with E-state index in [9.17, 15) is 4.79 Å². The van der Waals surface area contributed by atoms with E-state index in [-0.39, 0.29) is 0 Å². The summed E-state index contributed by atoms with van der Waals surface area (Å²) >= 11 is 0. The minimum atomic E-state index is -1.06. The lowest BCUT2D eigenvalue weighted by Gasteiger charge is -2.11. The molecule has 0 aromatic heterocycles. The van der Waals surface area contributed by atoms with Crippen molar-refractivity contribution in [3.8, 4) is 5.75 Å². The summed E-state index contributed by atoms with van der Waals surface area (Å²) in [6.07, 6.45) is -1.06. The quantitative estimate of drug-likeness (QED) is 0.545. The number of carbonyl (C=O) groups excluding carboxylic acids is 1. The van der Waals surface area contributed by atoms with Gasteiger partial charge in [-0.15, -0.1) is 0 Å². The van der Waals surface area contributed by atoms with E-state index in [0.717, 1.165) is 0 Å². The Morgan fingerprint density at radius 3 is 2.54 bits per heavy atom. The van der Waals surface area contributed by atoms with Crippen LogP contribution in [0.3, 0.4) is 0 Å². The summed E-state index contributed by atoms with van der Waals surface area (Å²) < 4.78 is 9.47. The maximum absolute atomic E-state index is 10.8. The Hall–Kier alpha value is -1.55. The summed E-state index contributed by atoms with van der Waals surface area (Å²) in [5.41, 5.74) is 5.36. The van der Waals surface area contributed by atoms with E-state index in [2.05, 4.69) is 4.74 Å². The molecule has 0 spiro atoms. The lowest BCUT2D eigenvalue weighted by Crippen LogP contribution is -2.37. The SMILES string of the molecule is COC(=O)[C@@H](N)Oc1ccccc1. The van der Waals surface area contributed by atoms with E-state index in [1.165, 1.54) is 7.11 Å². The first-order chi connectivity index (χ1) is 6.24. The monoisotopic (exact) mass is 181 g/mol. The molecule has 0 aliphatic heterocycles. The maximum Gasteiger partial charge on any atom is 0.362 e. The van der Waals surface area contributed by atoms with Crippen molar-refractivity contribution in [2.75, 3.05) is 7.11 Å². The van der Waals surface area contributed by atoms with Crippen molar-refractivity contribution in [1.29, 1.82) is 0 Å². The number of rotatable bonds is 3. The number of hydrogen-bond acceptors (Lipinski definition) is 4. The Bertz CT molecular complexity index is 273. The average molecular weight is 181 g/mol. The van der Waals surface area contributed by atoms with Crippen LogP contribution in [0.25, 0.3) is 0 Å². The molecular formula is C9H11NO3. The highest BCUT2D eigenvalue weighted by molar-refractivity contribution is 5.74. The van der Waals surface area contributed by atoms with Crippen LogP contribution >= 0.6 is 0 Å². The van der Waals surface area contributed by atoms with E-state index in [1.54, 1.807) is 24.3 Å². The van der Waals surface area contributed by atoms with Gasteiger partial charge in [0.1, 0.15) is 5.75 Å². The fraction of sp³-hybridized carbons (Fsp3) is 0.222. The fourth-order valence-corrected chi connectivity index (χ4v) is 0.810. The van der Waals surface area contributed by atoms with Crippen LogP contribution in [0.4, 0.5) is 0 Å². The number of para-hydroxylation sites is 1. The standard InChI is InChI=1S/C9H11NO3/c1-12-9(11)8(10)13-7-5-3-2-4-6-7/h2-6,8H,10H2,1H3/t8-/m0/s1. The second-order valence-electron chi connectivity index (χ2n) is 2.37. The average Bonchev–Trinajstić information content (AvgIpc) is 2.18. The predicted octanol–water partition coefficient (Wildman–Crippen LogP) is 0.523. The van der Waals surface area contributed by atoms with E-state index in [1.807, 2.05) is 6.07 Å². The molecule has 4 nitrogen and oxygen atoms in total. The molecule has 1 aromatic rings. The number of nitrogens with two attached hydrogens (primary N) is 1. The van der Waals surface area contributed by atoms with E-state index < -0.39 is 12.2 Å². The highest BCUT2D eigenvalue weighted by atomic mass is 16.6. The van der Waals surface area contributed by atoms with Crippen LogP contribution < -0.4 is 10.5 Å². The molecule has 0 fully saturated rings. The Balaban J connectivity index is 2.55. The molecule has 1 rings (SSSR count). The summed E-state index contributed by atoms with van der Waals surface area (Å²) in [6, 6.07) is 8.85. The van der Waals surface area contributed by atoms with Gasteiger partial charge < -0.3 is 9.47 Å². The third-order valence-corrected chi connectivity index (χ3v) is 1.44. The molecule has 0 saturated carbocycles. The van der Waals surface area contributed by atoms with Crippen LogP contribution in [-0.4, -0.2) is 19.3 Å². The van der Waals surface area contributed by atoms with Crippen LogP contribution in [0.15, 0.2) is 30.3 Å². The minimum absolute atomic E-state index is 0.542. The van der Waals surface area contributed by atoms with Gasteiger partial charge in [-0.1, -0.05) is 18.2 Å². The van der Waals surface area contributed by atoms with Gasteiger partial charge in [-0.2, -0.15) is 0 Å². The molecular weight excluding hydrogens is 170 g/mol. The van der Waals surface area contributed by atoms with Gasteiger partial charge in [-0.05, 0) is 12.1 Å². The van der Waals surface area contributed by atoms with Crippen molar-refractivity contribution >= 4 is 5.97 Å². The molecule has 0 amide bonds. The summed E-state index contributed by atoms with van der Waals surface area (Å²) in [4.78, 5) is 10.8. The van der Waals surface area contributed by atoms with Gasteiger partial charge in [0.15, 0.2) is 0 Å². The molecule has 70 valence electrons. The summed E-state index contributed by atoms with van der Waals surface area (Å²) in [7, 11) is 1.26. The van der Waals surface area contributed by atoms with Gasteiger partial charge in [0.25, 0.3) is 0 Å². The highest BCUT2D eigenvalue weighted by Crippen LogP contribution is 2.09. The Morgan fingerprint density at radius 2 is 2.00 bits per heavy atom. The fourth-order valence-electron chi connectivity index (χ4n) is 0.810. The molecule has 0 aliphatic carbocycles. The highest BCUT2D eigenvalue weighted by Gasteiger charge is 2.14. The predicted molar refractivity (Wildman–Crippen MR) is 47.1 cm³/mol.